The lowest BCUT2D eigenvalue weighted by atomic mass is 9.87. The lowest BCUT2D eigenvalue weighted by Crippen LogP contribution is -2.53. The third-order valence-corrected chi connectivity index (χ3v) is 5.20. The number of rotatable bonds is 6. The molecule has 3 saturated heterocycles. The van der Waals surface area contributed by atoms with Crippen molar-refractivity contribution in [2.24, 2.45) is 5.92 Å². The molecule has 0 aromatic heterocycles. The van der Waals surface area contributed by atoms with Crippen molar-refractivity contribution in [2.75, 3.05) is 6.61 Å². The SMILES string of the molecule is C=C(C)C(=O)OCCCC(=O)OC1C2CC3C(=O)N(C(C)(C)C)C1C3O2. The van der Waals surface area contributed by atoms with E-state index in [-0.39, 0.29) is 54.6 Å². The smallest absolute Gasteiger partial charge is 0.333 e. The zero-order valence-corrected chi connectivity index (χ0v) is 15.8. The van der Waals surface area contributed by atoms with Crippen LogP contribution in [0.4, 0.5) is 0 Å². The molecule has 5 atom stereocenters. The number of amides is 1. The summed E-state index contributed by atoms with van der Waals surface area (Å²) in [7, 11) is 0. The number of carbonyl (C=O) groups is 3. The molecule has 3 aliphatic heterocycles. The Bertz CT molecular complexity index is 636. The standard InChI is InChI=1S/C19H27NO6/c1-10(2)18(23)24-8-6-7-13(21)26-16-12-9-11-15(25-12)14(16)20(17(11)22)19(3,4)5/h11-12,14-16H,1,6-9H2,2-5H3. The predicted octanol–water partition coefficient (Wildman–Crippen LogP) is 1.59. The van der Waals surface area contributed by atoms with Crippen LogP contribution in [-0.2, 0) is 28.6 Å². The van der Waals surface area contributed by atoms with Crippen molar-refractivity contribution < 1.29 is 28.6 Å². The Morgan fingerprint density at radius 2 is 2.04 bits per heavy atom. The van der Waals surface area contributed by atoms with Crippen molar-refractivity contribution in [3.8, 4) is 0 Å². The van der Waals surface area contributed by atoms with Crippen LogP contribution in [0.3, 0.4) is 0 Å². The second kappa shape index (κ2) is 6.68. The molecule has 0 aliphatic carbocycles. The van der Waals surface area contributed by atoms with Gasteiger partial charge in [-0.1, -0.05) is 6.58 Å². The lowest BCUT2D eigenvalue weighted by molar-refractivity contribution is -0.157. The Labute approximate surface area is 153 Å². The normalized spacial score (nSPS) is 32.1. The minimum atomic E-state index is -0.462. The van der Waals surface area contributed by atoms with E-state index in [1.807, 2.05) is 25.7 Å². The van der Waals surface area contributed by atoms with Gasteiger partial charge in [0.2, 0.25) is 5.91 Å². The Morgan fingerprint density at radius 3 is 2.65 bits per heavy atom. The summed E-state index contributed by atoms with van der Waals surface area (Å²) in [6, 6.07) is -0.212. The molecule has 0 radical (unpaired) electrons. The molecule has 0 saturated carbocycles. The third kappa shape index (κ3) is 3.24. The van der Waals surface area contributed by atoms with Crippen molar-refractivity contribution in [3.05, 3.63) is 12.2 Å². The fourth-order valence-corrected chi connectivity index (χ4v) is 4.17. The van der Waals surface area contributed by atoms with Gasteiger partial charge >= 0.3 is 11.9 Å². The van der Waals surface area contributed by atoms with Gasteiger partial charge in [0.15, 0.2) is 6.10 Å². The molecule has 5 unspecified atom stereocenters. The van der Waals surface area contributed by atoms with Gasteiger partial charge in [0.05, 0.1) is 30.8 Å². The molecule has 3 heterocycles. The van der Waals surface area contributed by atoms with Crippen LogP contribution < -0.4 is 0 Å². The zero-order chi connectivity index (χ0) is 19.2. The van der Waals surface area contributed by atoms with E-state index in [2.05, 4.69) is 6.58 Å². The lowest BCUT2D eigenvalue weighted by Gasteiger charge is -2.38. The molecule has 2 bridgehead atoms. The van der Waals surface area contributed by atoms with Crippen LogP contribution in [0.15, 0.2) is 12.2 Å². The molecule has 7 heteroatoms. The van der Waals surface area contributed by atoms with Crippen LogP contribution in [-0.4, -0.2) is 59.2 Å². The van der Waals surface area contributed by atoms with Gasteiger partial charge in [0.25, 0.3) is 0 Å². The maximum atomic E-state index is 12.7. The average molecular weight is 365 g/mol. The number of fused-ring (bicyclic) bond motifs is 1. The first-order chi connectivity index (χ1) is 12.1. The molecule has 1 amide bonds. The fraction of sp³-hybridized carbons (Fsp3) is 0.737. The van der Waals surface area contributed by atoms with Gasteiger partial charge in [-0.15, -0.1) is 0 Å². The summed E-state index contributed by atoms with van der Waals surface area (Å²) >= 11 is 0. The highest BCUT2D eigenvalue weighted by Gasteiger charge is 2.67. The molecule has 26 heavy (non-hydrogen) atoms. The number of hydrogen-bond acceptors (Lipinski definition) is 6. The van der Waals surface area contributed by atoms with Crippen LogP contribution in [0.1, 0.15) is 47.0 Å². The Hall–Kier alpha value is -1.89. The van der Waals surface area contributed by atoms with Gasteiger partial charge in [-0.05, 0) is 40.5 Å². The monoisotopic (exact) mass is 365 g/mol. The first-order valence-corrected chi connectivity index (χ1v) is 9.12. The zero-order valence-electron chi connectivity index (χ0n) is 15.8. The van der Waals surface area contributed by atoms with Crippen molar-refractivity contribution >= 4 is 17.8 Å². The highest BCUT2D eigenvalue weighted by Crippen LogP contribution is 2.50. The van der Waals surface area contributed by atoms with Crippen molar-refractivity contribution in [3.63, 3.8) is 0 Å². The van der Waals surface area contributed by atoms with Gasteiger partial charge < -0.3 is 19.1 Å². The van der Waals surface area contributed by atoms with E-state index in [0.717, 1.165) is 0 Å². The van der Waals surface area contributed by atoms with E-state index < -0.39 is 12.1 Å². The van der Waals surface area contributed by atoms with E-state index in [1.54, 1.807) is 6.92 Å². The quantitative estimate of drug-likeness (QED) is 0.404. The van der Waals surface area contributed by atoms with E-state index in [4.69, 9.17) is 14.2 Å². The molecular weight excluding hydrogens is 338 g/mol. The van der Waals surface area contributed by atoms with Gasteiger partial charge in [-0.2, -0.15) is 0 Å². The number of esters is 2. The number of ether oxygens (including phenoxy) is 3. The highest BCUT2D eigenvalue weighted by atomic mass is 16.6. The summed E-state index contributed by atoms with van der Waals surface area (Å²) in [5, 5.41) is 0. The van der Waals surface area contributed by atoms with Gasteiger partial charge in [0.1, 0.15) is 0 Å². The number of hydrogen-bond donors (Lipinski definition) is 0. The highest BCUT2D eigenvalue weighted by molar-refractivity contribution is 5.87. The topological polar surface area (TPSA) is 82.1 Å². The molecule has 0 N–H and O–H groups in total. The third-order valence-electron chi connectivity index (χ3n) is 5.20. The largest absolute Gasteiger partial charge is 0.462 e. The van der Waals surface area contributed by atoms with E-state index in [0.29, 0.717) is 18.4 Å². The number of likely N-dealkylation sites (tertiary alicyclic amines) is 1. The Balaban J connectivity index is 1.55. The summed E-state index contributed by atoms with van der Waals surface area (Å²) in [6.45, 7) is 11.2. The molecular formula is C19H27NO6. The van der Waals surface area contributed by atoms with Gasteiger partial charge in [-0.3, -0.25) is 9.59 Å². The average Bonchev–Trinajstić information content (AvgIpc) is 3.14. The molecule has 0 spiro atoms. The van der Waals surface area contributed by atoms with E-state index >= 15 is 0 Å². The maximum absolute atomic E-state index is 12.7. The van der Waals surface area contributed by atoms with E-state index in [9.17, 15) is 14.4 Å². The van der Waals surface area contributed by atoms with Gasteiger partial charge in [-0.25, -0.2) is 4.79 Å². The maximum Gasteiger partial charge on any atom is 0.333 e. The molecule has 7 nitrogen and oxygen atoms in total. The van der Waals surface area contributed by atoms with Crippen LogP contribution in [0.5, 0.6) is 0 Å². The number of nitrogens with zero attached hydrogens (tertiary/aromatic N) is 1. The fourth-order valence-electron chi connectivity index (χ4n) is 4.17. The first-order valence-electron chi connectivity index (χ1n) is 9.12. The van der Waals surface area contributed by atoms with E-state index in [1.165, 1.54) is 0 Å². The van der Waals surface area contributed by atoms with Crippen LogP contribution in [0.25, 0.3) is 0 Å². The summed E-state index contributed by atoms with van der Waals surface area (Å²) in [5.74, 6) is -0.834. The van der Waals surface area contributed by atoms with Gasteiger partial charge in [0, 0.05) is 17.5 Å². The second-order valence-corrected chi connectivity index (χ2v) is 8.33. The minimum absolute atomic E-state index is 0.0975. The number of carbonyl (C=O) groups excluding carboxylic acids is 3. The Morgan fingerprint density at radius 1 is 1.35 bits per heavy atom. The molecule has 144 valence electrons. The summed E-state index contributed by atoms with van der Waals surface area (Å²) in [4.78, 5) is 38.1. The molecule has 3 rings (SSSR count). The van der Waals surface area contributed by atoms with Crippen LogP contribution in [0, 0.1) is 5.92 Å². The molecule has 3 aliphatic rings. The summed E-state index contributed by atoms with van der Waals surface area (Å²) < 4.78 is 16.6. The minimum Gasteiger partial charge on any atom is -0.462 e. The van der Waals surface area contributed by atoms with Crippen LogP contribution in [0.2, 0.25) is 0 Å². The second-order valence-electron chi connectivity index (χ2n) is 8.33. The van der Waals surface area contributed by atoms with Crippen molar-refractivity contribution in [2.45, 2.75) is 76.9 Å². The first kappa shape index (κ1) is 18.9. The molecule has 0 aromatic carbocycles. The Kier molecular flexibility index (Phi) is 4.86. The summed E-state index contributed by atoms with van der Waals surface area (Å²) in [5.41, 5.74) is -0.0203. The van der Waals surface area contributed by atoms with Crippen molar-refractivity contribution in [1.29, 1.82) is 0 Å². The van der Waals surface area contributed by atoms with Crippen LogP contribution >= 0.6 is 0 Å². The molecule has 3 fully saturated rings. The predicted molar refractivity (Wildman–Crippen MR) is 92.0 cm³/mol. The summed E-state index contributed by atoms with van der Waals surface area (Å²) in [6.07, 6.45) is 0.330. The molecule has 0 aromatic rings. The van der Waals surface area contributed by atoms with Crippen molar-refractivity contribution in [1.82, 2.24) is 4.90 Å².